The number of thioether (sulfide) groups is 1. The first-order valence-electron chi connectivity index (χ1n) is 10.8. The average Bonchev–Trinajstić information content (AvgIpc) is 3.52. The fraction of sp³-hybridized carbons (Fsp3) is 0.545. The number of ketones is 1. The highest BCUT2D eigenvalue weighted by molar-refractivity contribution is 7.99. The normalized spacial score (nSPS) is 19.9. The molecule has 4 rings (SSSR count). The number of hydrogen-bond donors (Lipinski definition) is 0. The third-order valence-corrected chi connectivity index (χ3v) is 8.87. The molecule has 2 aliphatic heterocycles. The van der Waals surface area contributed by atoms with Crippen molar-refractivity contribution >= 4 is 27.6 Å². The highest BCUT2D eigenvalue weighted by Crippen LogP contribution is 2.25. The molecule has 0 bridgehead atoms. The number of nitrogens with zero attached hydrogens (tertiary/aromatic N) is 3. The van der Waals surface area contributed by atoms with Gasteiger partial charge in [0.1, 0.15) is 4.90 Å². The van der Waals surface area contributed by atoms with Gasteiger partial charge in [-0.3, -0.25) is 4.79 Å². The second-order valence-corrected chi connectivity index (χ2v) is 11.1. The molecule has 0 aliphatic carbocycles. The molecule has 2 fully saturated rings. The van der Waals surface area contributed by atoms with E-state index in [2.05, 4.69) is 9.55 Å². The van der Waals surface area contributed by atoms with Crippen molar-refractivity contribution in [2.45, 2.75) is 62.1 Å². The monoisotopic (exact) mass is 463 g/mol. The van der Waals surface area contributed by atoms with E-state index in [9.17, 15) is 13.2 Å². The van der Waals surface area contributed by atoms with Crippen LogP contribution in [0.5, 0.6) is 0 Å². The van der Waals surface area contributed by atoms with E-state index in [-0.39, 0.29) is 22.5 Å². The number of aryl methyl sites for hydroxylation is 1. The van der Waals surface area contributed by atoms with Crippen molar-refractivity contribution in [1.82, 2.24) is 13.9 Å². The highest BCUT2D eigenvalue weighted by atomic mass is 32.2. The van der Waals surface area contributed by atoms with Crippen molar-refractivity contribution in [2.24, 2.45) is 0 Å². The molecule has 0 amide bonds. The van der Waals surface area contributed by atoms with Crippen LogP contribution in [0, 0.1) is 13.8 Å². The summed E-state index contributed by atoms with van der Waals surface area (Å²) in [7, 11) is -3.47. The van der Waals surface area contributed by atoms with Gasteiger partial charge in [-0.1, -0.05) is 11.8 Å². The zero-order valence-corrected chi connectivity index (χ0v) is 19.7. The van der Waals surface area contributed by atoms with Crippen LogP contribution >= 0.6 is 11.8 Å². The number of pyridine rings is 1. The molecule has 0 unspecified atom stereocenters. The molecule has 0 saturated carbocycles. The lowest BCUT2D eigenvalue weighted by atomic mass is 10.2. The molecule has 2 aromatic rings. The summed E-state index contributed by atoms with van der Waals surface area (Å²) in [5.74, 6) is 0.308. The number of Topliss-reactive ketones (excluding diaryl/α,β-unsaturated/α-hetero) is 1. The first kappa shape index (κ1) is 22.5. The molecule has 168 valence electrons. The van der Waals surface area contributed by atoms with Crippen LogP contribution in [-0.4, -0.2) is 59.6 Å². The van der Waals surface area contributed by atoms with E-state index >= 15 is 0 Å². The van der Waals surface area contributed by atoms with Crippen LogP contribution in [0.15, 0.2) is 34.3 Å². The molecule has 4 heterocycles. The van der Waals surface area contributed by atoms with Gasteiger partial charge in [-0.15, -0.1) is 0 Å². The van der Waals surface area contributed by atoms with Crippen molar-refractivity contribution in [3.05, 3.63) is 41.3 Å². The molecule has 2 aliphatic rings. The van der Waals surface area contributed by atoms with Gasteiger partial charge >= 0.3 is 0 Å². The second kappa shape index (κ2) is 9.44. The van der Waals surface area contributed by atoms with Crippen molar-refractivity contribution in [2.75, 3.05) is 25.4 Å². The van der Waals surface area contributed by atoms with E-state index in [0.29, 0.717) is 18.1 Å². The van der Waals surface area contributed by atoms with Gasteiger partial charge in [-0.2, -0.15) is 4.31 Å². The summed E-state index contributed by atoms with van der Waals surface area (Å²) < 4.78 is 34.6. The fourth-order valence-electron chi connectivity index (χ4n) is 4.26. The summed E-state index contributed by atoms with van der Waals surface area (Å²) in [5.41, 5.74) is 2.77. The van der Waals surface area contributed by atoms with Gasteiger partial charge < -0.3 is 9.30 Å². The average molecular weight is 464 g/mol. The number of carbonyl (C=O) groups is 1. The molecule has 0 spiro atoms. The maximum atomic E-state index is 12.8. The van der Waals surface area contributed by atoms with Gasteiger partial charge in [0.15, 0.2) is 5.78 Å². The Balaban J connectivity index is 1.38. The molecule has 2 aromatic heterocycles. The highest BCUT2D eigenvalue weighted by Gasteiger charge is 2.27. The zero-order valence-electron chi connectivity index (χ0n) is 18.0. The lowest BCUT2D eigenvalue weighted by molar-refractivity contribution is 0.0957. The van der Waals surface area contributed by atoms with Crippen LogP contribution in [0.1, 0.15) is 47.4 Å². The van der Waals surface area contributed by atoms with E-state index < -0.39 is 10.0 Å². The molecule has 1 atom stereocenters. The van der Waals surface area contributed by atoms with E-state index in [1.807, 2.05) is 19.9 Å². The molecule has 0 aromatic carbocycles. The Bertz CT molecular complexity index is 1040. The van der Waals surface area contributed by atoms with Crippen molar-refractivity contribution in [3.8, 4) is 0 Å². The number of ether oxygens (including phenoxy) is 1. The van der Waals surface area contributed by atoms with E-state index in [1.165, 1.54) is 22.3 Å². The Morgan fingerprint density at radius 3 is 2.65 bits per heavy atom. The maximum absolute atomic E-state index is 12.8. The maximum Gasteiger partial charge on any atom is 0.244 e. The first-order valence-corrected chi connectivity index (χ1v) is 13.2. The molecule has 0 radical (unpaired) electrons. The predicted molar refractivity (Wildman–Crippen MR) is 120 cm³/mol. The van der Waals surface area contributed by atoms with Crippen LogP contribution in [-0.2, 0) is 21.3 Å². The summed E-state index contributed by atoms with van der Waals surface area (Å²) in [4.78, 5) is 17.3. The summed E-state index contributed by atoms with van der Waals surface area (Å²) >= 11 is 1.33. The Labute approximate surface area is 188 Å². The first-order chi connectivity index (χ1) is 14.9. The van der Waals surface area contributed by atoms with Gasteiger partial charge in [-0.05, 0) is 57.7 Å². The van der Waals surface area contributed by atoms with Crippen LogP contribution in [0.2, 0.25) is 0 Å². The predicted octanol–water partition coefficient (Wildman–Crippen LogP) is 3.44. The summed E-state index contributed by atoms with van der Waals surface area (Å²) in [5, 5.41) is 0.641. The molecule has 2 saturated heterocycles. The molecule has 31 heavy (non-hydrogen) atoms. The van der Waals surface area contributed by atoms with Crippen molar-refractivity contribution in [1.29, 1.82) is 0 Å². The lowest BCUT2D eigenvalue weighted by Crippen LogP contribution is -2.27. The minimum Gasteiger partial charge on any atom is -0.376 e. The SMILES string of the molecule is Cc1cc(C(=O)CSc2ccc(S(=O)(=O)N3CCCC3)cn2)c(C)n1C[C@H]1CCCO1. The largest absolute Gasteiger partial charge is 0.376 e. The standard InChI is InChI=1S/C22H29N3O4S2/c1-16-12-20(17(2)25(16)14-18-6-5-11-29-18)21(26)15-30-22-8-7-19(13-23-22)31(27,28)24-9-3-4-10-24/h7-8,12-13,18H,3-6,9-11,14-15H2,1-2H3/t18-/m1/s1. The number of carbonyl (C=O) groups excluding carboxylic acids is 1. The number of hydrogen-bond acceptors (Lipinski definition) is 6. The fourth-order valence-corrected chi connectivity index (χ4v) is 6.44. The Hall–Kier alpha value is -1.68. The summed E-state index contributed by atoms with van der Waals surface area (Å²) in [6.07, 6.45) is 5.58. The van der Waals surface area contributed by atoms with E-state index in [4.69, 9.17) is 4.74 Å². The van der Waals surface area contributed by atoms with E-state index in [0.717, 1.165) is 55.8 Å². The van der Waals surface area contributed by atoms with Gasteiger partial charge in [0.2, 0.25) is 10.0 Å². The van der Waals surface area contributed by atoms with Crippen LogP contribution in [0.4, 0.5) is 0 Å². The number of rotatable bonds is 8. The van der Waals surface area contributed by atoms with Crippen molar-refractivity contribution in [3.63, 3.8) is 0 Å². The van der Waals surface area contributed by atoms with Crippen LogP contribution in [0.3, 0.4) is 0 Å². The molecule has 7 nitrogen and oxygen atoms in total. The Kier molecular flexibility index (Phi) is 6.86. The van der Waals surface area contributed by atoms with Crippen molar-refractivity contribution < 1.29 is 17.9 Å². The van der Waals surface area contributed by atoms with Crippen LogP contribution < -0.4 is 0 Å². The van der Waals surface area contributed by atoms with Gasteiger partial charge in [0, 0.05) is 49.4 Å². The minimum absolute atomic E-state index is 0.0484. The minimum atomic E-state index is -3.47. The smallest absolute Gasteiger partial charge is 0.244 e. The molecule has 9 heteroatoms. The third kappa shape index (κ3) is 4.89. The number of sulfonamides is 1. The number of aromatic nitrogens is 2. The Morgan fingerprint density at radius 2 is 2.00 bits per heavy atom. The molecular formula is C22H29N3O4S2. The van der Waals surface area contributed by atoms with Gasteiger partial charge in [0.25, 0.3) is 0 Å². The van der Waals surface area contributed by atoms with Gasteiger partial charge in [-0.25, -0.2) is 13.4 Å². The molecule has 0 N–H and O–H groups in total. The van der Waals surface area contributed by atoms with Crippen LogP contribution in [0.25, 0.3) is 0 Å². The summed E-state index contributed by atoms with van der Waals surface area (Å²) in [6.45, 7) is 6.74. The lowest BCUT2D eigenvalue weighted by Gasteiger charge is -2.15. The Morgan fingerprint density at radius 1 is 1.23 bits per heavy atom. The molecular weight excluding hydrogens is 434 g/mol. The van der Waals surface area contributed by atoms with Gasteiger partial charge in [0.05, 0.1) is 16.9 Å². The summed E-state index contributed by atoms with van der Waals surface area (Å²) in [6, 6.07) is 5.22. The quantitative estimate of drug-likeness (QED) is 0.441. The topological polar surface area (TPSA) is 81.5 Å². The zero-order chi connectivity index (χ0) is 22.0. The third-order valence-electron chi connectivity index (χ3n) is 6.05. The second-order valence-electron chi connectivity index (χ2n) is 8.19. The van der Waals surface area contributed by atoms with E-state index in [1.54, 1.807) is 12.1 Å².